The molecular weight excluding hydrogens is 263 g/mol. The molecule has 0 aromatic rings. The van der Waals surface area contributed by atoms with E-state index in [0.717, 1.165) is 25.7 Å². The van der Waals surface area contributed by atoms with Crippen molar-refractivity contribution in [3.8, 4) is 0 Å². The standard InChI is InChI=1S/C14H31O4P/c1-17-19(2,16)18-14-12-10-8-6-4-3-5-7-9-11-13-15/h15H,3-14H2,1-2H3. The molecule has 0 radical (unpaired) electrons. The predicted molar refractivity (Wildman–Crippen MR) is 79.7 cm³/mol. The Morgan fingerprint density at radius 3 is 1.68 bits per heavy atom. The molecule has 0 rings (SSSR count). The number of aliphatic hydroxyl groups excluding tert-OH is 1. The Morgan fingerprint density at radius 1 is 0.842 bits per heavy atom. The highest BCUT2D eigenvalue weighted by atomic mass is 31.2. The van der Waals surface area contributed by atoms with Crippen LogP contribution in [0, 0.1) is 0 Å². The monoisotopic (exact) mass is 294 g/mol. The van der Waals surface area contributed by atoms with Crippen LogP contribution in [0.1, 0.15) is 64.2 Å². The van der Waals surface area contributed by atoms with Crippen molar-refractivity contribution in [1.29, 1.82) is 0 Å². The summed E-state index contributed by atoms with van der Waals surface area (Å²) in [5, 5.41) is 8.64. The molecule has 1 atom stereocenters. The molecule has 0 saturated carbocycles. The Kier molecular flexibility index (Phi) is 13.2. The molecule has 116 valence electrons. The number of unbranched alkanes of at least 4 members (excludes halogenated alkanes) is 9. The predicted octanol–water partition coefficient (Wildman–Crippen LogP) is 4.37. The van der Waals surface area contributed by atoms with E-state index >= 15 is 0 Å². The Morgan fingerprint density at radius 2 is 1.26 bits per heavy atom. The largest absolute Gasteiger partial charge is 0.396 e. The van der Waals surface area contributed by atoms with Gasteiger partial charge >= 0.3 is 7.60 Å². The minimum atomic E-state index is -2.77. The molecular formula is C14H31O4P. The Labute approximate surface area is 118 Å². The number of rotatable bonds is 14. The minimum absolute atomic E-state index is 0.329. The van der Waals surface area contributed by atoms with Crippen molar-refractivity contribution in [2.45, 2.75) is 64.2 Å². The molecule has 0 aliphatic carbocycles. The molecule has 0 aromatic heterocycles. The average Bonchev–Trinajstić information content (AvgIpc) is 2.40. The van der Waals surface area contributed by atoms with Gasteiger partial charge in [-0.3, -0.25) is 4.57 Å². The second-order valence-corrected chi connectivity index (χ2v) is 7.21. The van der Waals surface area contributed by atoms with Crippen LogP contribution in [0.4, 0.5) is 0 Å². The second kappa shape index (κ2) is 13.1. The van der Waals surface area contributed by atoms with Gasteiger partial charge in [-0.25, -0.2) is 0 Å². The lowest BCUT2D eigenvalue weighted by molar-refractivity contribution is 0.233. The molecule has 19 heavy (non-hydrogen) atoms. The Balaban J connectivity index is 3.09. The number of hydrogen-bond donors (Lipinski definition) is 1. The first kappa shape index (κ1) is 19.1. The van der Waals surface area contributed by atoms with E-state index < -0.39 is 7.60 Å². The molecule has 1 unspecified atom stereocenters. The molecule has 0 aliphatic heterocycles. The summed E-state index contributed by atoms with van der Waals surface area (Å²) in [5.41, 5.74) is 0. The molecule has 5 heteroatoms. The topological polar surface area (TPSA) is 55.8 Å². The zero-order valence-corrected chi connectivity index (χ0v) is 13.5. The fourth-order valence-corrected chi connectivity index (χ4v) is 2.48. The lowest BCUT2D eigenvalue weighted by atomic mass is 10.1. The molecule has 0 fully saturated rings. The lowest BCUT2D eigenvalue weighted by Crippen LogP contribution is -1.94. The summed E-state index contributed by atoms with van der Waals surface area (Å²) in [4.78, 5) is 0. The first-order valence-electron chi connectivity index (χ1n) is 7.51. The maximum Gasteiger partial charge on any atom is 0.327 e. The van der Waals surface area contributed by atoms with Crippen molar-refractivity contribution in [2.75, 3.05) is 27.0 Å². The van der Waals surface area contributed by atoms with Crippen LogP contribution in [0.5, 0.6) is 0 Å². The third kappa shape index (κ3) is 14.3. The van der Waals surface area contributed by atoms with E-state index in [4.69, 9.17) is 14.2 Å². The zero-order valence-electron chi connectivity index (χ0n) is 12.6. The Bertz CT molecular complexity index is 233. The summed E-state index contributed by atoms with van der Waals surface area (Å²) < 4.78 is 21.3. The second-order valence-electron chi connectivity index (χ2n) is 5.05. The summed E-state index contributed by atoms with van der Waals surface area (Å²) in [5.74, 6) is 0. The van der Waals surface area contributed by atoms with E-state index in [0.29, 0.717) is 13.2 Å². The van der Waals surface area contributed by atoms with Gasteiger partial charge in [-0.1, -0.05) is 51.4 Å². The molecule has 0 heterocycles. The fraction of sp³-hybridized carbons (Fsp3) is 1.00. The molecule has 0 amide bonds. The van der Waals surface area contributed by atoms with E-state index in [9.17, 15) is 4.57 Å². The average molecular weight is 294 g/mol. The van der Waals surface area contributed by atoms with Crippen LogP contribution in [-0.2, 0) is 13.6 Å². The van der Waals surface area contributed by atoms with Gasteiger partial charge in [-0.05, 0) is 12.8 Å². The van der Waals surface area contributed by atoms with Crippen molar-refractivity contribution in [3.63, 3.8) is 0 Å². The molecule has 1 N–H and O–H groups in total. The van der Waals surface area contributed by atoms with Gasteiger partial charge in [0.1, 0.15) is 0 Å². The SMILES string of the molecule is COP(C)(=O)OCCCCCCCCCCCCO. The fourth-order valence-electron chi connectivity index (χ4n) is 1.91. The smallest absolute Gasteiger partial charge is 0.327 e. The van der Waals surface area contributed by atoms with E-state index in [-0.39, 0.29) is 0 Å². The van der Waals surface area contributed by atoms with Crippen LogP contribution in [0.3, 0.4) is 0 Å². The third-order valence-corrected chi connectivity index (χ3v) is 4.52. The first-order chi connectivity index (χ1) is 9.12. The quantitative estimate of drug-likeness (QED) is 0.382. The highest BCUT2D eigenvalue weighted by Crippen LogP contribution is 2.42. The highest BCUT2D eigenvalue weighted by molar-refractivity contribution is 7.52. The number of aliphatic hydroxyl groups is 1. The van der Waals surface area contributed by atoms with Crippen molar-refractivity contribution in [3.05, 3.63) is 0 Å². The van der Waals surface area contributed by atoms with Crippen molar-refractivity contribution >= 4 is 7.60 Å². The van der Waals surface area contributed by atoms with Gasteiger partial charge in [-0.15, -0.1) is 0 Å². The summed E-state index contributed by atoms with van der Waals surface area (Å²) >= 11 is 0. The molecule has 4 nitrogen and oxygen atoms in total. The molecule has 0 aliphatic rings. The van der Waals surface area contributed by atoms with Crippen molar-refractivity contribution < 1.29 is 18.7 Å². The highest BCUT2D eigenvalue weighted by Gasteiger charge is 2.12. The molecule has 0 aromatic carbocycles. The van der Waals surface area contributed by atoms with E-state index in [1.165, 1.54) is 52.3 Å². The maximum absolute atomic E-state index is 11.4. The molecule has 0 spiro atoms. The van der Waals surface area contributed by atoms with Gasteiger partial charge < -0.3 is 14.2 Å². The van der Waals surface area contributed by atoms with Crippen LogP contribution in [0.25, 0.3) is 0 Å². The number of hydrogen-bond acceptors (Lipinski definition) is 4. The lowest BCUT2D eigenvalue weighted by Gasteiger charge is -2.10. The summed E-state index contributed by atoms with van der Waals surface area (Å²) in [6, 6.07) is 0. The van der Waals surface area contributed by atoms with Gasteiger partial charge in [0, 0.05) is 20.4 Å². The normalized spacial score (nSPS) is 14.5. The molecule has 0 bridgehead atoms. The zero-order chi connectivity index (χ0) is 14.4. The van der Waals surface area contributed by atoms with E-state index in [2.05, 4.69) is 0 Å². The van der Waals surface area contributed by atoms with Gasteiger partial charge in [0.05, 0.1) is 6.61 Å². The van der Waals surface area contributed by atoms with Crippen LogP contribution in [0.2, 0.25) is 0 Å². The van der Waals surface area contributed by atoms with Crippen LogP contribution < -0.4 is 0 Å². The van der Waals surface area contributed by atoms with Crippen LogP contribution in [0.15, 0.2) is 0 Å². The minimum Gasteiger partial charge on any atom is -0.396 e. The Hall–Kier alpha value is 0.110. The van der Waals surface area contributed by atoms with Crippen molar-refractivity contribution in [2.24, 2.45) is 0 Å². The summed E-state index contributed by atoms with van der Waals surface area (Å²) in [6.07, 6.45) is 11.8. The van der Waals surface area contributed by atoms with Gasteiger partial charge in [0.2, 0.25) is 0 Å². The van der Waals surface area contributed by atoms with Crippen LogP contribution in [-0.4, -0.2) is 32.1 Å². The third-order valence-electron chi connectivity index (χ3n) is 3.21. The van der Waals surface area contributed by atoms with E-state index in [1.807, 2.05) is 0 Å². The van der Waals surface area contributed by atoms with E-state index in [1.54, 1.807) is 0 Å². The summed E-state index contributed by atoms with van der Waals surface area (Å²) in [6.45, 7) is 2.36. The first-order valence-corrected chi connectivity index (χ1v) is 9.50. The maximum atomic E-state index is 11.4. The van der Waals surface area contributed by atoms with Crippen molar-refractivity contribution in [1.82, 2.24) is 0 Å². The summed E-state index contributed by atoms with van der Waals surface area (Å²) in [7, 11) is -1.35. The van der Waals surface area contributed by atoms with Crippen LogP contribution >= 0.6 is 7.60 Å². The molecule has 0 saturated heterocycles. The van der Waals surface area contributed by atoms with Gasteiger partial charge in [-0.2, -0.15) is 0 Å². The van der Waals surface area contributed by atoms with Gasteiger partial charge in [0.15, 0.2) is 0 Å². The van der Waals surface area contributed by atoms with Gasteiger partial charge in [0.25, 0.3) is 0 Å².